The Balaban J connectivity index is 1.87. The van der Waals surface area contributed by atoms with Crippen LogP contribution in [-0.2, 0) is 4.74 Å². The summed E-state index contributed by atoms with van der Waals surface area (Å²) in [5, 5.41) is 12.7. The molecule has 4 heteroatoms. The zero-order valence-corrected chi connectivity index (χ0v) is 11.1. The summed E-state index contributed by atoms with van der Waals surface area (Å²) in [6, 6.07) is 8.19. The van der Waals surface area contributed by atoms with Gasteiger partial charge < -0.3 is 14.8 Å². The molecular weight excluding hydrogens is 240 g/mol. The average Bonchev–Trinajstić information content (AvgIpc) is 2.89. The minimum atomic E-state index is 0.348. The van der Waals surface area contributed by atoms with Gasteiger partial charge in [0, 0.05) is 30.9 Å². The Morgan fingerprint density at radius 2 is 2.21 bits per heavy atom. The van der Waals surface area contributed by atoms with Crippen molar-refractivity contribution in [3.05, 3.63) is 29.8 Å². The largest absolute Gasteiger partial charge is 0.411 e. The van der Waals surface area contributed by atoms with Gasteiger partial charge in [-0.2, -0.15) is 0 Å². The number of para-hydroxylation sites is 1. The van der Waals surface area contributed by atoms with Crippen LogP contribution >= 0.6 is 0 Å². The fourth-order valence-corrected chi connectivity index (χ4v) is 3.01. The number of hydrogen-bond donors (Lipinski definition) is 1. The molecule has 1 N–H and O–H groups in total. The van der Waals surface area contributed by atoms with Crippen molar-refractivity contribution in [3.8, 4) is 0 Å². The Morgan fingerprint density at radius 1 is 1.32 bits per heavy atom. The Bertz CT molecular complexity index is 467. The molecule has 2 heterocycles. The van der Waals surface area contributed by atoms with E-state index in [0.717, 1.165) is 50.2 Å². The number of anilines is 1. The monoisotopic (exact) mass is 260 g/mol. The van der Waals surface area contributed by atoms with Gasteiger partial charge in [0.05, 0.1) is 11.8 Å². The molecule has 0 saturated carbocycles. The zero-order chi connectivity index (χ0) is 13.1. The first kappa shape index (κ1) is 12.5. The second kappa shape index (κ2) is 5.61. The molecule has 3 rings (SSSR count). The molecule has 19 heavy (non-hydrogen) atoms. The van der Waals surface area contributed by atoms with Gasteiger partial charge in [-0.3, -0.25) is 0 Å². The Kier molecular flexibility index (Phi) is 3.69. The molecule has 0 amide bonds. The molecule has 1 aromatic rings. The van der Waals surface area contributed by atoms with Crippen LogP contribution in [0.15, 0.2) is 29.4 Å². The first-order valence-corrected chi connectivity index (χ1v) is 7.05. The van der Waals surface area contributed by atoms with E-state index in [4.69, 9.17) is 4.74 Å². The highest BCUT2D eigenvalue weighted by Crippen LogP contribution is 2.28. The first-order chi connectivity index (χ1) is 9.38. The maximum Gasteiger partial charge on any atom is 0.0889 e. The van der Waals surface area contributed by atoms with Crippen LogP contribution in [0.2, 0.25) is 0 Å². The molecule has 102 valence electrons. The second-order valence-electron chi connectivity index (χ2n) is 5.25. The number of benzene rings is 1. The number of nitrogens with zero attached hydrogens (tertiary/aromatic N) is 2. The van der Waals surface area contributed by atoms with Gasteiger partial charge in [-0.25, -0.2) is 0 Å². The molecule has 0 radical (unpaired) electrons. The Labute approximate surface area is 113 Å². The van der Waals surface area contributed by atoms with Gasteiger partial charge in [0.25, 0.3) is 0 Å². The Morgan fingerprint density at radius 3 is 3.00 bits per heavy atom. The molecular formula is C15H20N2O2. The van der Waals surface area contributed by atoms with E-state index >= 15 is 0 Å². The number of hydrogen-bond acceptors (Lipinski definition) is 4. The SMILES string of the molecule is O/N=C1/CCCN(CC2CCCO2)c2ccccc21. The topological polar surface area (TPSA) is 45.1 Å². The molecule has 1 saturated heterocycles. The predicted octanol–water partition coefficient (Wildman–Crippen LogP) is 2.64. The van der Waals surface area contributed by atoms with Gasteiger partial charge in [0.1, 0.15) is 0 Å². The van der Waals surface area contributed by atoms with E-state index in [1.54, 1.807) is 0 Å². The van der Waals surface area contributed by atoms with Crippen molar-refractivity contribution in [2.75, 3.05) is 24.6 Å². The van der Waals surface area contributed by atoms with Crippen LogP contribution in [0, 0.1) is 0 Å². The summed E-state index contributed by atoms with van der Waals surface area (Å²) in [5.41, 5.74) is 3.02. The van der Waals surface area contributed by atoms with Crippen LogP contribution in [0.4, 0.5) is 5.69 Å². The molecule has 0 aromatic heterocycles. The lowest BCUT2D eigenvalue weighted by Crippen LogP contribution is -2.32. The number of fused-ring (bicyclic) bond motifs is 1. The van der Waals surface area contributed by atoms with E-state index in [-0.39, 0.29) is 0 Å². The van der Waals surface area contributed by atoms with Gasteiger partial charge in [0.2, 0.25) is 0 Å². The third-order valence-corrected chi connectivity index (χ3v) is 3.97. The summed E-state index contributed by atoms with van der Waals surface area (Å²) >= 11 is 0. The standard InChI is InChI=1S/C15H20N2O2/c18-16-14-7-3-9-17(11-12-5-4-10-19-12)15-8-2-1-6-13(14)15/h1-2,6,8,12,18H,3-5,7,9-11H2/b16-14-. The highest BCUT2D eigenvalue weighted by molar-refractivity contribution is 6.05. The number of ether oxygens (including phenoxy) is 1. The normalized spacial score (nSPS) is 25.4. The minimum Gasteiger partial charge on any atom is -0.411 e. The van der Waals surface area contributed by atoms with Crippen LogP contribution in [0.1, 0.15) is 31.2 Å². The molecule has 0 aliphatic carbocycles. The molecule has 1 fully saturated rings. The van der Waals surface area contributed by atoms with Crippen molar-refractivity contribution in [2.24, 2.45) is 5.16 Å². The summed E-state index contributed by atoms with van der Waals surface area (Å²) < 4.78 is 5.74. The second-order valence-corrected chi connectivity index (χ2v) is 5.25. The first-order valence-electron chi connectivity index (χ1n) is 7.05. The molecule has 4 nitrogen and oxygen atoms in total. The van der Waals surface area contributed by atoms with Crippen LogP contribution in [0.5, 0.6) is 0 Å². The number of oxime groups is 1. The quantitative estimate of drug-likeness (QED) is 0.657. The maximum atomic E-state index is 9.18. The summed E-state index contributed by atoms with van der Waals surface area (Å²) in [5.74, 6) is 0. The van der Waals surface area contributed by atoms with E-state index in [1.165, 1.54) is 12.1 Å². The van der Waals surface area contributed by atoms with E-state index < -0.39 is 0 Å². The third-order valence-electron chi connectivity index (χ3n) is 3.97. The van der Waals surface area contributed by atoms with Crippen molar-refractivity contribution < 1.29 is 9.94 Å². The van der Waals surface area contributed by atoms with Crippen molar-refractivity contribution in [2.45, 2.75) is 31.8 Å². The molecule has 2 aliphatic heterocycles. The summed E-state index contributed by atoms with van der Waals surface area (Å²) in [7, 11) is 0. The zero-order valence-electron chi connectivity index (χ0n) is 11.1. The maximum absolute atomic E-state index is 9.18. The molecule has 1 atom stereocenters. The lowest BCUT2D eigenvalue weighted by Gasteiger charge is -2.27. The van der Waals surface area contributed by atoms with Crippen molar-refractivity contribution in [1.82, 2.24) is 0 Å². The lowest BCUT2D eigenvalue weighted by atomic mass is 10.1. The number of rotatable bonds is 2. The molecule has 0 bridgehead atoms. The molecule has 1 aromatic carbocycles. The predicted molar refractivity (Wildman–Crippen MR) is 75.2 cm³/mol. The van der Waals surface area contributed by atoms with E-state index in [9.17, 15) is 5.21 Å². The fraction of sp³-hybridized carbons (Fsp3) is 0.533. The van der Waals surface area contributed by atoms with Crippen molar-refractivity contribution >= 4 is 11.4 Å². The van der Waals surface area contributed by atoms with Crippen LogP contribution in [0.25, 0.3) is 0 Å². The van der Waals surface area contributed by atoms with E-state index in [1.807, 2.05) is 18.2 Å². The van der Waals surface area contributed by atoms with Crippen molar-refractivity contribution in [3.63, 3.8) is 0 Å². The summed E-state index contributed by atoms with van der Waals surface area (Å²) in [4.78, 5) is 2.38. The fourth-order valence-electron chi connectivity index (χ4n) is 3.01. The van der Waals surface area contributed by atoms with Crippen LogP contribution in [-0.4, -0.2) is 36.7 Å². The minimum absolute atomic E-state index is 0.348. The summed E-state index contributed by atoms with van der Waals surface area (Å²) in [6.07, 6.45) is 4.51. The van der Waals surface area contributed by atoms with Gasteiger partial charge in [-0.1, -0.05) is 23.4 Å². The summed E-state index contributed by atoms with van der Waals surface area (Å²) in [6.45, 7) is 2.83. The smallest absolute Gasteiger partial charge is 0.0889 e. The van der Waals surface area contributed by atoms with Gasteiger partial charge in [-0.15, -0.1) is 0 Å². The molecule has 0 spiro atoms. The van der Waals surface area contributed by atoms with Crippen LogP contribution in [0.3, 0.4) is 0 Å². The van der Waals surface area contributed by atoms with Gasteiger partial charge >= 0.3 is 0 Å². The highest BCUT2D eigenvalue weighted by Gasteiger charge is 2.24. The highest BCUT2D eigenvalue weighted by atomic mass is 16.5. The van der Waals surface area contributed by atoms with Gasteiger partial charge in [-0.05, 0) is 31.7 Å². The molecule has 2 aliphatic rings. The van der Waals surface area contributed by atoms with E-state index in [2.05, 4.69) is 16.1 Å². The van der Waals surface area contributed by atoms with Crippen molar-refractivity contribution in [1.29, 1.82) is 0 Å². The average molecular weight is 260 g/mol. The molecule has 1 unspecified atom stereocenters. The lowest BCUT2D eigenvalue weighted by molar-refractivity contribution is 0.115. The van der Waals surface area contributed by atoms with Crippen LogP contribution < -0.4 is 4.90 Å². The Hall–Kier alpha value is -1.55. The van der Waals surface area contributed by atoms with Gasteiger partial charge in [0.15, 0.2) is 0 Å². The van der Waals surface area contributed by atoms with E-state index in [0.29, 0.717) is 6.10 Å². The third kappa shape index (κ3) is 2.59.